The van der Waals surface area contributed by atoms with E-state index in [1.54, 1.807) is 0 Å². The lowest BCUT2D eigenvalue weighted by atomic mass is 9.61. The molecule has 0 amide bonds. The van der Waals surface area contributed by atoms with Crippen molar-refractivity contribution in [2.45, 2.75) is 40.0 Å². The predicted octanol–water partition coefficient (Wildman–Crippen LogP) is 3.08. The minimum absolute atomic E-state index is 0.777. The van der Waals surface area contributed by atoms with E-state index >= 15 is 0 Å². The summed E-state index contributed by atoms with van der Waals surface area (Å²) in [6, 6.07) is 0. The summed E-state index contributed by atoms with van der Waals surface area (Å²) in [5.74, 6) is 3.18. The van der Waals surface area contributed by atoms with Crippen molar-refractivity contribution in [1.29, 1.82) is 0 Å². The van der Waals surface area contributed by atoms with Crippen LogP contribution >= 0.6 is 0 Å². The monoisotopic (exact) mass is 138 g/mol. The third kappa shape index (κ3) is 0.810. The molecule has 2 fully saturated rings. The fraction of sp³-hybridized carbons (Fsp3) is 1.00. The van der Waals surface area contributed by atoms with Gasteiger partial charge in [0.1, 0.15) is 0 Å². The van der Waals surface area contributed by atoms with Gasteiger partial charge in [-0.1, -0.05) is 20.8 Å². The Balaban J connectivity index is 1.93. The van der Waals surface area contributed by atoms with Gasteiger partial charge in [0.2, 0.25) is 0 Å². The van der Waals surface area contributed by atoms with Crippen molar-refractivity contribution in [3.63, 3.8) is 0 Å². The molecule has 0 heteroatoms. The molecule has 2 atom stereocenters. The van der Waals surface area contributed by atoms with Gasteiger partial charge in [-0.3, -0.25) is 0 Å². The molecule has 0 spiro atoms. The summed E-state index contributed by atoms with van der Waals surface area (Å²) in [4.78, 5) is 0. The van der Waals surface area contributed by atoms with E-state index in [0.717, 1.165) is 23.2 Å². The van der Waals surface area contributed by atoms with Crippen LogP contribution in [-0.2, 0) is 0 Å². The first-order valence-corrected chi connectivity index (χ1v) is 4.62. The molecule has 0 aliphatic heterocycles. The quantitative estimate of drug-likeness (QED) is 0.522. The van der Waals surface area contributed by atoms with Gasteiger partial charge in [0.15, 0.2) is 0 Å². The average molecular weight is 138 g/mol. The molecule has 2 rings (SSSR count). The third-order valence-electron chi connectivity index (χ3n) is 3.63. The number of hydrogen-bond acceptors (Lipinski definition) is 0. The molecule has 2 aliphatic carbocycles. The lowest BCUT2D eigenvalue weighted by molar-refractivity contribution is 0.0567. The van der Waals surface area contributed by atoms with Crippen LogP contribution in [0.5, 0.6) is 0 Å². The summed E-state index contributed by atoms with van der Waals surface area (Å²) < 4.78 is 0. The first-order chi connectivity index (χ1) is 4.62. The van der Waals surface area contributed by atoms with Crippen molar-refractivity contribution in [3.8, 4) is 0 Å². The molecule has 0 saturated heterocycles. The fourth-order valence-corrected chi connectivity index (χ4v) is 3.13. The second kappa shape index (κ2) is 1.78. The summed E-state index contributed by atoms with van der Waals surface area (Å²) in [5, 5.41) is 0. The Bertz CT molecular complexity index is 142. The Morgan fingerprint density at radius 2 is 1.70 bits per heavy atom. The molecular weight excluding hydrogens is 120 g/mol. The van der Waals surface area contributed by atoms with Gasteiger partial charge in [0.25, 0.3) is 0 Å². The van der Waals surface area contributed by atoms with Crippen LogP contribution in [0.2, 0.25) is 0 Å². The van der Waals surface area contributed by atoms with Gasteiger partial charge in [0, 0.05) is 0 Å². The molecule has 0 heterocycles. The van der Waals surface area contributed by atoms with Crippen molar-refractivity contribution < 1.29 is 0 Å². The minimum Gasteiger partial charge on any atom is -0.0625 e. The molecule has 2 aliphatic rings. The summed E-state index contributed by atoms with van der Waals surface area (Å²) >= 11 is 0. The third-order valence-corrected chi connectivity index (χ3v) is 3.63. The number of hydrogen-bond donors (Lipinski definition) is 0. The normalized spacial score (nSPS) is 59.7. The van der Waals surface area contributed by atoms with Crippen LogP contribution in [0, 0.1) is 23.2 Å². The molecule has 10 heavy (non-hydrogen) atoms. The lowest BCUT2D eigenvalue weighted by Gasteiger charge is -2.44. The van der Waals surface area contributed by atoms with Gasteiger partial charge in [-0.2, -0.15) is 0 Å². The highest BCUT2D eigenvalue weighted by Crippen LogP contribution is 2.61. The van der Waals surface area contributed by atoms with Gasteiger partial charge in [0.05, 0.1) is 0 Å². The van der Waals surface area contributed by atoms with Crippen molar-refractivity contribution in [3.05, 3.63) is 0 Å². The van der Waals surface area contributed by atoms with E-state index in [1.807, 2.05) is 0 Å². The second-order valence-corrected chi connectivity index (χ2v) is 4.99. The van der Waals surface area contributed by atoms with Crippen LogP contribution < -0.4 is 0 Å². The van der Waals surface area contributed by atoms with Gasteiger partial charge in [-0.05, 0) is 42.4 Å². The Morgan fingerprint density at radius 3 is 2.00 bits per heavy atom. The topological polar surface area (TPSA) is 0 Å². The van der Waals surface area contributed by atoms with Crippen molar-refractivity contribution in [2.24, 2.45) is 23.2 Å². The molecule has 0 aromatic carbocycles. The zero-order valence-corrected chi connectivity index (χ0v) is 7.35. The van der Waals surface area contributed by atoms with Gasteiger partial charge in [-0.15, -0.1) is 0 Å². The maximum absolute atomic E-state index is 2.49. The van der Waals surface area contributed by atoms with E-state index in [9.17, 15) is 0 Å². The van der Waals surface area contributed by atoms with Crippen molar-refractivity contribution in [1.82, 2.24) is 0 Å². The molecule has 58 valence electrons. The molecule has 0 aromatic rings. The molecule has 0 aromatic heterocycles. The minimum atomic E-state index is 0.777. The van der Waals surface area contributed by atoms with Crippen molar-refractivity contribution >= 4 is 0 Å². The SMILES string of the molecule is CC1CC(C)(C2CC2C)C1. The molecule has 0 radical (unpaired) electrons. The lowest BCUT2D eigenvalue weighted by Crippen LogP contribution is -2.35. The Hall–Kier alpha value is 0. The van der Waals surface area contributed by atoms with E-state index in [0.29, 0.717) is 0 Å². The molecule has 0 N–H and O–H groups in total. The zero-order valence-electron chi connectivity index (χ0n) is 7.35. The zero-order chi connectivity index (χ0) is 7.35. The second-order valence-electron chi connectivity index (χ2n) is 4.99. The molecular formula is C10H18. The fourth-order valence-electron chi connectivity index (χ4n) is 3.13. The smallest absolute Gasteiger partial charge is 0.0290 e. The van der Waals surface area contributed by atoms with Gasteiger partial charge >= 0.3 is 0 Å². The summed E-state index contributed by atoms with van der Waals surface area (Å²) in [5.41, 5.74) is 0.777. The molecule has 2 saturated carbocycles. The first kappa shape index (κ1) is 6.69. The van der Waals surface area contributed by atoms with E-state index in [4.69, 9.17) is 0 Å². The van der Waals surface area contributed by atoms with E-state index in [1.165, 1.54) is 19.3 Å². The van der Waals surface area contributed by atoms with Crippen LogP contribution in [0.1, 0.15) is 40.0 Å². The molecule has 0 bridgehead atoms. The van der Waals surface area contributed by atoms with Crippen LogP contribution in [-0.4, -0.2) is 0 Å². The average Bonchev–Trinajstić information content (AvgIpc) is 2.43. The van der Waals surface area contributed by atoms with Gasteiger partial charge in [-0.25, -0.2) is 0 Å². The highest BCUT2D eigenvalue weighted by Gasteiger charge is 2.52. The highest BCUT2D eigenvalue weighted by atomic mass is 14.6. The van der Waals surface area contributed by atoms with E-state index in [2.05, 4.69) is 20.8 Å². The van der Waals surface area contributed by atoms with E-state index in [-0.39, 0.29) is 0 Å². The Labute approximate surface area is 64.0 Å². The van der Waals surface area contributed by atoms with Crippen molar-refractivity contribution in [2.75, 3.05) is 0 Å². The van der Waals surface area contributed by atoms with Crippen LogP contribution in [0.15, 0.2) is 0 Å². The first-order valence-electron chi connectivity index (χ1n) is 4.62. The standard InChI is InChI=1S/C10H18/c1-7-5-10(3,6-7)9-4-8(9)2/h7-9H,4-6H2,1-3H3. The van der Waals surface area contributed by atoms with Crippen LogP contribution in [0.25, 0.3) is 0 Å². The predicted molar refractivity (Wildman–Crippen MR) is 43.8 cm³/mol. The summed E-state index contributed by atoms with van der Waals surface area (Å²) in [7, 11) is 0. The van der Waals surface area contributed by atoms with Crippen LogP contribution in [0.3, 0.4) is 0 Å². The number of rotatable bonds is 1. The maximum Gasteiger partial charge on any atom is -0.0290 e. The summed E-state index contributed by atoms with van der Waals surface area (Å²) in [6.45, 7) is 7.27. The molecule has 2 unspecified atom stereocenters. The van der Waals surface area contributed by atoms with Gasteiger partial charge < -0.3 is 0 Å². The largest absolute Gasteiger partial charge is 0.0625 e. The Morgan fingerprint density at radius 1 is 1.20 bits per heavy atom. The molecule has 0 nitrogen and oxygen atoms in total. The Kier molecular flexibility index (Phi) is 1.19. The maximum atomic E-state index is 2.49. The van der Waals surface area contributed by atoms with Crippen LogP contribution in [0.4, 0.5) is 0 Å². The van der Waals surface area contributed by atoms with E-state index < -0.39 is 0 Å². The summed E-state index contributed by atoms with van der Waals surface area (Å²) in [6.07, 6.45) is 4.52. The highest BCUT2D eigenvalue weighted by molar-refractivity contribution is 5.02.